The number of nitrogens with zero attached hydrogens (tertiary/aromatic N) is 1. The van der Waals surface area contributed by atoms with Crippen molar-refractivity contribution in [3.8, 4) is 0 Å². The highest BCUT2D eigenvalue weighted by atomic mass is 32.2. The SMILES string of the molecule is CC(=O)c1csc(NC(=O)CCCSc2ccccc2)n1. The predicted molar refractivity (Wildman–Crippen MR) is 87.1 cm³/mol. The fourth-order valence-corrected chi connectivity index (χ4v) is 3.25. The lowest BCUT2D eigenvalue weighted by atomic mass is 10.3. The third kappa shape index (κ3) is 5.32. The number of hydrogen-bond donors (Lipinski definition) is 1. The molecule has 21 heavy (non-hydrogen) atoms. The molecule has 0 aliphatic heterocycles. The van der Waals surface area contributed by atoms with Gasteiger partial charge in [0.1, 0.15) is 5.69 Å². The number of thioether (sulfide) groups is 1. The third-order valence-corrected chi connectivity index (χ3v) is 4.53. The standard InChI is InChI=1S/C15H16N2O2S2/c1-11(18)13-10-21-15(16-13)17-14(19)8-5-9-20-12-6-3-2-4-7-12/h2-4,6-7,10H,5,8-9H2,1H3,(H,16,17,19). The molecule has 0 saturated carbocycles. The van der Waals surface area contributed by atoms with Crippen LogP contribution < -0.4 is 5.32 Å². The van der Waals surface area contributed by atoms with Crippen LogP contribution in [0.4, 0.5) is 5.13 Å². The van der Waals surface area contributed by atoms with E-state index in [0.717, 1.165) is 12.2 Å². The Morgan fingerprint density at radius 2 is 2.05 bits per heavy atom. The van der Waals surface area contributed by atoms with Crippen LogP contribution in [0.5, 0.6) is 0 Å². The summed E-state index contributed by atoms with van der Waals surface area (Å²) < 4.78 is 0. The number of ketones is 1. The zero-order valence-electron chi connectivity index (χ0n) is 11.7. The molecule has 0 atom stereocenters. The molecule has 0 bridgehead atoms. The van der Waals surface area contributed by atoms with Gasteiger partial charge in [-0.15, -0.1) is 23.1 Å². The van der Waals surface area contributed by atoms with Crippen molar-refractivity contribution in [1.29, 1.82) is 0 Å². The fourth-order valence-electron chi connectivity index (χ4n) is 1.61. The van der Waals surface area contributed by atoms with E-state index in [9.17, 15) is 9.59 Å². The van der Waals surface area contributed by atoms with E-state index in [1.54, 1.807) is 17.1 Å². The van der Waals surface area contributed by atoms with Crippen LogP contribution in [0.1, 0.15) is 30.3 Å². The first-order chi connectivity index (χ1) is 10.1. The smallest absolute Gasteiger partial charge is 0.226 e. The number of thiazole rings is 1. The summed E-state index contributed by atoms with van der Waals surface area (Å²) in [7, 11) is 0. The molecule has 2 aromatic rings. The molecular weight excluding hydrogens is 304 g/mol. The van der Waals surface area contributed by atoms with Crippen LogP contribution in [0, 0.1) is 0 Å². The zero-order valence-corrected chi connectivity index (χ0v) is 13.3. The van der Waals surface area contributed by atoms with Gasteiger partial charge in [0.25, 0.3) is 0 Å². The molecular formula is C15H16N2O2S2. The van der Waals surface area contributed by atoms with Gasteiger partial charge < -0.3 is 5.32 Å². The Labute approximate surface area is 132 Å². The molecule has 1 amide bonds. The van der Waals surface area contributed by atoms with Crippen LogP contribution in [-0.4, -0.2) is 22.4 Å². The first-order valence-corrected chi connectivity index (χ1v) is 8.46. The van der Waals surface area contributed by atoms with Crippen molar-refractivity contribution in [2.45, 2.75) is 24.7 Å². The Hall–Kier alpha value is -1.66. The van der Waals surface area contributed by atoms with Gasteiger partial charge in [0.05, 0.1) is 0 Å². The van der Waals surface area contributed by atoms with Gasteiger partial charge in [-0.3, -0.25) is 9.59 Å². The molecule has 0 radical (unpaired) electrons. The molecule has 6 heteroatoms. The van der Waals surface area contributed by atoms with Crippen LogP contribution in [-0.2, 0) is 4.79 Å². The van der Waals surface area contributed by atoms with Crippen LogP contribution in [0.15, 0.2) is 40.6 Å². The van der Waals surface area contributed by atoms with Gasteiger partial charge in [-0.2, -0.15) is 0 Å². The maximum Gasteiger partial charge on any atom is 0.226 e. The van der Waals surface area contributed by atoms with E-state index in [1.165, 1.54) is 23.2 Å². The molecule has 0 fully saturated rings. The second-order valence-corrected chi connectivity index (χ2v) is 6.43. The average Bonchev–Trinajstić information content (AvgIpc) is 2.93. The van der Waals surface area contributed by atoms with E-state index in [-0.39, 0.29) is 11.7 Å². The van der Waals surface area contributed by atoms with Crippen molar-refractivity contribution in [2.24, 2.45) is 0 Å². The minimum absolute atomic E-state index is 0.0619. The second-order valence-electron chi connectivity index (χ2n) is 4.41. The summed E-state index contributed by atoms with van der Waals surface area (Å²) in [6.07, 6.45) is 1.26. The number of hydrogen-bond acceptors (Lipinski definition) is 5. The van der Waals surface area contributed by atoms with Crippen LogP contribution >= 0.6 is 23.1 Å². The summed E-state index contributed by atoms with van der Waals surface area (Å²) in [6, 6.07) is 10.1. The molecule has 0 aliphatic rings. The monoisotopic (exact) mass is 320 g/mol. The third-order valence-electron chi connectivity index (χ3n) is 2.67. The van der Waals surface area contributed by atoms with Crippen LogP contribution in [0.2, 0.25) is 0 Å². The summed E-state index contributed by atoms with van der Waals surface area (Å²) in [6.45, 7) is 1.46. The molecule has 1 N–H and O–H groups in total. The number of nitrogens with one attached hydrogen (secondary N) is 1. The van der Waals surface area contributed by atoms with E-state index < -0.39 is 0 Å². The van der Waals surface area contributed by atoms with E-state index in [0.29, 0.717) is 17.2 Å². The number of benzene rings is 1. The number of Topliss-reactive ketones (excluding diaryl/α,β-unsaturated/α-hetero) is 1. The van der Waals surface area contributed by atoms with Gasteiger partial charge in [-0.05, 0) is 24.3 Å². The predicted octanol–water partition coefficient (Wildman–Crippen LogP) is 3.86. The minimum Gasteiger partial charge on any atom is -0.302 e. The molecule has 0 spiro atoms. The molecule has 0 aliphatic carbocycles. The Balaban J connectivity index is 1.68. The topological polar surface area (TPSA) is 59.1 Å². The van der Waals surface area contributed by atoms with Gasteiger partial charge in [-0.25, -0.2) is 4.98 Å². The van der Waals surface area contributed by atoms with Crippen molar-refractivity contribution < 1.29 is 9.59 Å². The minimum atomic E-state index is -0.0917. The molecule has 1 aromatic heterocycles. The van der Waals surface area contributed by atoms with E-state index in [4.69, 9.17) is 0 Å². The number of rotatable bonds is 7. The van der Waals surface area contributed by atoms with Gasteiger partial charge >= 0.3 is 0 Å². The Morgan fingerprint density at radius 1 is 1.29 bits per heavy atom. The fraction of sp³-hybridized carbons (Fsp3) is 0.267. The Morgan fingerprint density at radius 3 is 2.71 bits per heavy atom. The van der Waals surface area contributed by atoms with E-state index in [1.807, 2.05) is 18.2 Å². The molecule has 0 unspecified atom stereocenters. The number of carbonyl (C=O) groups excluding carboxylic acids is 2. The largest absolute Gasteiger partial charge is 0.302 e. The second kappa shape index (κ2) is 7.95. The summed E-state index contributed by atoms with van der Waals surface area (Å²) in [5, 5.41) is 4.87. The Bertz CT molecular complexity index is 611. The average molecular weight is 320 g/mol. The van der Waals surface area contributed by atoms with Gasteiger partial charge in [0.2, 0.25) is 5.91 Å². The van der Waals surface area contributed by atoms with Crippen LogP contribution in [0.3, 0.4) is 0 Å². The highest BCUT2D eigenvalue weighted by Crippen LogP contribution is 2.19. The summed E-state index contributed by atoms with van der Waals surface area (Å²) in [5.74, 6) is 0.743. The van der Waals surface area contributed by atoms with Gasteiger partial charge in [-0.1, -0.05) is 18.2 Å². The Kier molecular flexibility index (Phi) is 5.95. The van der Waals surface area contributed by atoms with Crippen molar-refractivity contribution >= 4 is 39.9 Å². The number of anilines is 1. The number of carbonyl (C=O) groups is 2. The zero-order chi connectivity index (χ0) is 15.1. The van der Waals surface area contributed by atoms with Crippen molar-refractivity contribution in [1.82, 2.24) is 4.98 Å². The molecule has 0 saturated heterocycles. The first-order valence-electron chi connectivity index (χ1n) is 6.59. The van der Waals surface area contributed by atoms with Crippen molar-refractivity contribution in [3.05, 3.63) is 41.4 Å². The number of amides is 1. The quantitative estimate of drug-likeness (QED) is 0.478. The van der Waals surface area contributed by atoms with E-state index >= 15 is 0 Å². The van der Waals surface area contributed by atoms with Gasteiger partial charge in [0, 0.05) is 23.6 Å². The van der Waals surface area contributed by atoms with Crippen LogP contribution in [0.25, 0.3) is 0 Å². The first kappa shape index (κ1) is 15.7. The molecule has 110 valence electrons. The summed E-state index contributed by atoms with van der Waals surface area (Å²) in [5.41, 5.74) is 0.398. The molecule has 2 rings (SSSR count). The number of aromatic nitrogens is 1. The highest BCUT2D eigenvalue weighted by molar-refractivity contribution is 7.99. The lowest BCUT2D eigenvalue weighted by molar-refractivity contribution is -0.116. The van der Waals surface area contributed by atoms with E-state index in [2.05, 4.69) is 22.4 Å². The maximum atomic E-state index is 11.8. The van der Waals surface area contributed by atoms with Crippen molar-refractivity contribution in [3.63, 3.8) is 0 Å². The highest BCUT2D eigenvalue weighted by Gasteiger charge is 2.08. The van der Waals surface area contributed by atoms with Crippen molar-refractivity contribution in [2.75, 3.05) is 11.1 Å². The molecule has 1 heterocycles. The lowest BCUT2D eigenvalue weighted by Gasteiger charge is -2.02. The lowest BCUT2D eigenvalue weighted by Crippen LogP contribution is -2.11. The molecule has 4 nitrogen and oxygen atoms in total. The molecule has 1 aromatic carbocycles. The van der Waals surface area contributed by atoms with Gasteiger partial charge in [0.15, 0.2) is 10.9 Å². The maximum absolute atomic E-state index is 11.8. The summed E-state index contributed by atoms with van der Waals surface area (Å²) >= 11 is 3.01. The normalized spacial score (nSPS) is 10.3. The summed E-state index contributed by atoms with van der Waals surface area (Å²) in [4.78, 5) is 28.2.